The summed E-state index contributed by atoms with van der Waals surface area (Å²) >= 11 is 0. The van der Waals surface area contributed by atoms with Gasteiger partial charge >= 0.3 is 11.6 Å². The molecule has 0 amide bonds. The molecule has 0 N–H and O–H groups in total. The highest BCUT2D eigenvalue weighted by Gasteiger charge is 2.11. The molecule has 1 heterocycles. The van der Waals surface area contributed by atoms with Gasteiger partial charge in [-0.3, -0.25) is 4.79 Å². The summed E-state index contributed by atoms with van der Waals surface area (Å²) in [6.07, 6.45) is 0.812. The van der Waals surface area contributed by atoms with Crippen molar-refractivity contribution in [1.82, 2.24) is 0 Å². The van der Waals surface area contributed by atoms with E-state index in [9.17, 15) is 9.59 Å². The van der Waals surface area contributed by atoms with Crippen LogP contribution in [0.1, 0.15) is 35.1 Å². The Labute approximate surface area is 163 Å². The van der Waals surface area contributed by atoms with Gasteiger partial charge in [0.05, 0.1) is 6.61 Å². The van der Waals surface area contributed by atoms with Crippen molar-refractivity contribution in [3.05, 3.63) is 75.1 Å². The fourth-order valence-electron chi connectivity index (χ4n) is 2.92. The van der Waals surface area contributed by atoms with E-state index in [0.29, 0.717) is 24.2 Å². The number of carbonyl (C=O) groups excluding carboxylic acids is 1. The van der Waals surface area contributed by atoms with Gasteiger partial charge in [0.1, 0.15) is 17.9 Å². The number of ether oxygens (including phenoxy) is 2. The Hall–Kier alpha value is -3.08. The smallest absolute Gasteiger partial charge is 0.336 e. The lowest BCUT2D eigenvalue weighted by Gasteiger charge is -2.10. The average molecular weight is 380 g/mol. The second kappa shape index (κ2) is 8.74. The van der Waals surface area contributed by atoms with Crippen molar-refractivity contribution < 1.29 is 18.7 Å². The minimum atomic E-state index is -0.446. The van der Waals surface area contributed by atoms with E-state index in [1.807, 2.05) is 57.2 Å². The minimum Gasteiger partial charge on any atom is -0.494 e. The van der Waals surface area contributed by atoms with E-state index in [1.54, 1.807) is 0 Å². The highest BCUT2D eigenvalue weighted by Crippen LogP contribution is 2.23. The predicted octanol–water partition coefficient (Wildman–Crippen LogP) is 4.62. The molecule has 0 saturated carbocycles. The summed E-state index contributed by atoms with van der Waals surface area (Å²) in [4.78, 5) is 23.9. The summed E-state index contributed by atoms with van der Waals surface area (Å²) in [5.74, 6) is 0.463. The van der Waals surface area contributed by atoms with Crippen molar-refractivity contribution in [1.29, 1.82) is 0 Å². The molecule has 0 spiro atoms. The van der Waals surface area contributed by atoms with E-state index >= 15 is 0 Å². The molecule has 0 radical (unpaired) electrons. The summed E-state index contributed by atoms with van der Waals surface area (Å²) in [5.41, 5.74) is 3.88. The van der Waals surface area contributed by atoms with Crippen LogP contribution in [0.5, 0.6) is 5.75 Å². The lowest BCUT2D eigenvalue weighted by Crippen LogP contribution is -2.09. The summed E-state index contributed by atoms with van der Waals surface area (Å²) in [7, 11) is 0. The molecule has 146 valence electrons. The predicted molar refractivity (Wildman–Crippen MR) is 108 cm³/mol. The summed E-state index contributed by atoms with van der Waals surface area (Å²) in [6, 6.07) is 13.0. The molecule has 0 fully saturated rings. The van der Waals surface area contributed by atoms with Crippen molar-refractivity contribution in [2.75, 3.05) is 6.61 Å². The first-order chi connectivity index (χ1) is 13.4. The van der Waals surface area contributed by atoms with Crippen LogP contribution in [0.3, 0.4) is 0 Å². The van der Waals surface area contributed by atoms with E-state index in [4.69, 9.17) is 13.9 Å². The Kier molecular flexibility index (Phi) is 6.14. The van der Waals surface area contributed by atoms with Gasteiger partial charge in [-0.15, -0.1) is 0 Å². The molecule has 5 nitrogen and oxygen atoms in total. The van der Waals surface area contributed by atoms with Crippen molar-refractivity contribution >= 4 is 16.9 Å². The number of esters is 1. The van der Waals surface area contributed by atoms with Crippen LogP contribution in [0, 0.1) is 20.8 Å². The zero-order valence-corrected chi connectivity index (χ0v) is 16.4. The van der Waals surface area contributed by atoms with Gasteiger partial charge in [0, 0.05) is 23.4 Å². The maximum atomic E-state index is 12.0. The normalized spacial score (nSPS) is 10.8. The molecule has 3 rings (SSSR count). The van der Waals surface area contributed by atoms with Crippen molar-refractivity contribution in [2.24, 2.45) is 0 Å². The topological polar surface area (TPSA) is 65.7 Å². The van der Waals surface area contributed by atoms with Gasteiger partial charge in [-0.05, 0) is 50.5 Å². The van der Waals surface area contributed by atoms with Gasteiger partial charge in [0.25, 0.3) is 0 Å². The number of rotatable bonds is 7. The molecule has 28 heavy (non-hydrogen) atoms. The van der Waals surface area contributed by atoms with E-state index in [1.165, 1.54) is 11.6 Å². The number of hydrogen-bond acceptors (Lipinski definition) is 5. The third kappa shape index (κ3) is 4.80. The number of fused-ring (bicyclic) bond motifs is 1. The highest BCUT2D eigenvalue weighted by atomic mass is 16.5. The van der Waals surface area contributed by atoms with Crippen LogP contribution in [0.4, 0.5) is 0 Å². The summed E-state index contributed by atoms with van der Waals surface area (Å²) < 4.78 is 16.3. The molecule has 2 aromatic carbocycles. The van der Waals surface area contributed by atoms with E-state index in [0.717, 1.165) is 22.3 Å². The lowest BCUT2D eigenvalue weighted by molar-refractivity contribution is -0.145. The number of benzene rings is 2. The maximum absolute atomic E-state index is 12.0. The van der Waals surface area contributed by atoms with Crippen LogP contribution in [-0.2, 0) is 16.1 Å². The van der Waals surface area contributed by atoms with Crippen LogP contribution in [-0.4, -0.2) is 12.6 Å². The molecule has 0 saturated heterocycles. The average Bonchev–Trinajstić information content (AvgIpc) is 2.68. The van der Waals surface area contributed by atoms with Crippen molar-refractivity contribution in [3.63, 3.8) is 0 Å². The monoisotopic (exact) mass is 380 g/mol. The van der Waals surface area contributed by atoms with Crippen LogP contribution >= 0.6 is 0 Å². The Morgan fingerprint density at radius 1 is 1.04 bits per heavy atom. The second-order valence-electron chi connectivity index (χ2n) is 6.90. The standard InChI is InChI=1S/C23H24O5/c1-15-6-9-19(10-7-15)26-12-4-5-21(24)27-14-18-13-22(25)28-23-17(3)16(2)8-11-20(18)23/h6-11,13H,4-5,12,14H2,1-3H3. The van der Waals surface area contributed by atoms with Gasteiger partial charge in [-0.2, -0.15) is 0 Å². The van der Waals surface area contributed by atoms with Crippen LogP contribution in [0.2, 0.25) is 0 Å². The first kappa shape index (κ1) is 19.7. The molecule has 0 aliphatic heterocycles. The van der Waals surface area contributed by atoms with E-state index < -0.39 is 5.63 Å². The number of aryl methyl sites for hydroxylation is 3. The van der Waals surface area contributed by atoms with Gasteiger partial charge < -0.3 is 13.9 Å². The SMILES string of the molecule is Cc1ccc(OCCCC(=O)OCc2cc(=O)oc3c(C)c(C)ccc23)cc1. The fraction of sp³-hybridized carbons (Fsp3) is 0.304. The lowest BCUT2D eigenvalue weighted by atomic mass is 10.0. The van der Waals surface area contributed by atoms with Crippen LogP contribution < -0.4 is 10.4 Å². The molecule has 0 bridgehead atoms. The minimum absolute atomic E-state index is 0.0439. The Bertz CT molecular complexity index is 1030. The first-order valence-corrected chi connectivity index (χ1v) is 9.32. The third-order valence-electron chi connectivity index (χ3n) is 4.72. The molecule has 0 aliphatic rings. The zero-order chi connectivity index (χ0) is 20.1. The van der Waals surface area contributed by atoms with Crippen LogP contribution in [0.15, 0.2) is 51.7 Å². The first-order valence-electron chi connectivity index (χ1n) is 9.32. The molecule has 0 unspecified atom stereocenters. The molecule has 0 atom stereocenters. The Morgan fingerprint density at radius 3 is 2.54 bits per heavy atom. The molecular formula is C23H24O5. The van der Waals surface area contributed by atoms with Gasteiger partial charge in [-0.1, -0.05) is 29.8 Å². The summed E-state index contributed by atoms with van der Waals surface area (Å²) in [6.45, 7) is 6.36. The van der Waals surface area contributed by atoms with E-state index in [2.05, 4.69) is 0 Å². The number of carbonyl (C=O) groups is 1. The molecule has 0 aliphatic carbocycles. The quantitative estimate of drug-likeness (QED) is 0.340. The largest absolute Gasteiger partial charge is 0.494 e. The highest BCUT2D eigenvalue weighted by molar-refractivity contribution is 5.84. The van der Waals surface area contributed by atoms with E-state index in [-0.39, 0.29) is 19.0 Å². The Balaban J connectivity index is 1.54. The van der Waals surface area contributed by atoms with Crippen LogP contribution in [0.25, 0.3) is 11.0 Å². The fourth-order valence-corrected chi connectivity index (χ4v) is 2.92. The maximum Gasteiger partial charge on any atom is 0.336 e. The molecule has 5 heteroatoms. The second-order valence-corrected chi connectivity index (χ2v) is 6.90. The van der Waals surface area contributed by atoms with Crippen molar-refractivity contribution in [3.8, 4) is 5.75 Å². The van der Waals surface area contributed by atoms with Gasteiger partial charge in [-0.25, -0.2) is 4.79 Å². The Morgan fingerprint density at radius 2 is 1.79 bits per heavy atom. The van der Waals surface area contributed by atoms with Gasteiger partial charge in [0.2, 0.25) is 0 Å². The molecular weight excluding hydrogens is 356 g/mol. The van der Waals surface area contributed by atoms with Gasteiger partial charge in [0.15, 0.2) is 0 Å². The number of hydrogen-bond donors (Lipinski definition) is 0. The molecule has 1 aromatic heterocycles. The zero-order valence-electron chi connectivity index (χ0n) is 16.4. The summed E-state index contributed by atoms with van der Waals surface area (Å²) in [5, 5.41) is 0.790. The van der Waals surface area contributed by atoms with Crippen molar-refractivity contribution in [2.45, 2.75) is 40.2 Å². The molecule has 3 aromatic rings. The third-order valence-corrected chi connectivity index (χ3v) is 4.72.